The molecule has 0 aliphatic carbocycles. The summed E-state index contributed by atoms with van der Waals surface area (Å²) >= 11 is 0. The summed E-state index contributed by atoms with van der Waals surface area (Å²) in [7, 11) is 0. The fourth-order valence-corrected chi connectivity index (χ4v) is 6.21. The molecule has 0 atom stereocenters. The fraction of sp³-hybridized carbons (Fsp3) is 0. The minimum absolute atomic E-state index is 0.619. The molecule has 0 unspecified atom stereocenters. The summed E-state index contributed by atoms with van der Waals surface area (Å²) in [5.41, 5.74) is 9.58. The van der Waals surface area contributed by atoms with Gasteiger partial charge < -0.3 is 4.42 Å². The zero-order valence-corrected chi connectivity index (χ0v) is 25.2. The first kappa shape index (κ1) is 26.9. The van der Waals surface area contributed by atoms with E-state index in [9.17, 15) is 0 Å². The van der Waals surface area contributed by atoms with Gasteiger partial charge in [-0.15, -0.1) is 0 Å². The summed E-state index contributed by atoms with van der Waals surface area (Å²) in [6, 6.07) is 53.6. The Balaban J connectivity index is 1.15. The Labute approximate surface area is 270 Å². The van der Waals surface area contributed by atoms with Crippen LogP contribution in [-0.2, 0) is 0 Å². The number of benzene rings is 6. The molecule has 0 N–H and O–H groups in total. The highest BCUT2D eigenvalue weighted by atomic mass is 16.3. The number of furan rings is 1. The van der Waals surface area contributed by atoms with E-state index in [1.807, 2.05) is 66.7 Å². The molecule has 0 fully saturated rings. The molecule has 0 saturated heterocycles. The topological polar surface area (TPSA) is 64.7 Å². The molecule has 9 aromatic rings. The lowest BCUT2D eigenvalue weighted by Gasteiger charge is -2.10. The molecule has 0 amide bonds. The Bertz CT molecular complexity index is 2560. The van der Waals surface area contributed by atoms with Gasteiger partial charge in [0.1, 0.15) is 5.58 Å². The molecule has 0 bridgehead atoms. The Morgan fingerprint density at radius 3 is 1.72 bits per heavy atom. The van der Waals surface area contributed by atoms with Crippen molar-refractivity contribution in [1.29, 1.82) is 0 Å². The predicted molar refractivity (Wildman–Crippen MR) is 190 cm³/mol. The van der Waals surface area contributed by atoms with Crippen LogP contribution >= 0.6 is 0 Å². The van der Waals surface area contributed by atoms with Gasteiger partial charge >= 0.3 is 0 Å². The summed E-state index contributed by atoms with van der Waals surface area (Å²) in [6.07, 6.45) is 0. The molecular weight excluding hydrogens is 576 g/mol. The Morgan fingerprint density at radius 2 is 0.957 bits per heavy atom. The Hall–Kier alpha value is -6.46. The van der Waals surface area contributed by atoms with E-state index in [1.54, 1.807) is 0 Å². The average molecular weight is 603 g/mol. The van der Waals surface area contributed by atoms with Crippen molar-refractivity contribution in [2.45, 2.75) is 0 Å². The quantitative estimate of drug-likeness (QED) is 0.196. The number of aromatic nitrogens is 4. The van der Waals surface area contributed by atoms with Crippen LogP contribution in [0.4, 0.5) is 0 Å². The molecule has 0 aliphatic heterocycles. The predicted octanol–water partition coefficient (Wildman–Crippen LogP) is 10.7. The SMILES string of the molecule is c1ccc(-c2cccc(-c3nc(-c4ccccc4)nc(-c4ccc(-c5cccc6oc7nc8ccccc8cc7c56)cc4)n3)c2)cc1. The maximum absolute atomic E-state index is 6.22. The van der Waals surface area contributed by atoms with Gasteiger partial charge in [-0.1, -0.05) is 133 Å². The van der Waals surface area contributed by atoms with Crippen LogP contribution in [0, 0.1) is 0 Å². The van der Waals surface area contributed by atoms with E-state index < -0.39 is 0 Å². The van der Waals surface area contributed by atoms with Gasteiger partial charge in [0.15, 0.2) is 17.5 Å². The third kappa shape index (κ3) is 4.91. The molecule has 3 aromatic heterocycles. The zero-order valence-electron chi connectivity index (χ0n) is 25.2. The smallest absolute Gasteiger partial charge is 0.227 e. The largest absolute Gasteiger partial charge is 0.438 e. The summed E-state index contributed by atoms with van der Waals surface area (Å²) in [4.78, 5) is 19.7. The highest BCUT2D eigenvalue weighted by Gasteiger charge is 2.16. The Morgan fingerprint density at radius 1 is 0.383 bits per heavy atom. The molecule has 5 heteroatoms. The first-order valence-corrected chi connectivity index (χ1v) is 15.6. The number of rotatable bonds is 5. The van der Waals surface area contributed by atoms with E-state index in [1.165, 1.54) is 0 Å². The van der Waals surface area contributed by atoms with Crippen molar-refractivity contribution in [2.75, 3.05) is 0 Å². The number of fused-ring (bicyclic) bond motifs is 4. The second kappa shape index (κ2) is 11.2. The molecule has 5 nitrogen and oxygen atoms in total. The van der Waals surface area contributed by atoms with Crippen molar-refractivity contribution in [1.82, 2.24) is 19.9 Å². The lowest BCUT2D eigenvalue weighted by molar-refractivity contribution is 0.656. The average Bonchev–Trinajstić information content (AvgIpc) is 3.52. The highest BCUT2D eigenvalue weighted by Crippen LogP contribution is 2.38. The summed E-state index contributed by atoms with van der Waals surface area (Å²) in [6.45, 7) is 0. The van der Waals surface area contributed by atoms with Crippen LogP contribution < -0.4 is 0 Å². The molecule has 3 heterocycles. The van der Waals surface area contributed by atoms with E-state index in [2.05, 4.69) is 91.0 Å². The molecule has 220 valence electrons. The Kier molecular flexibility index (Phi) is 6.39. The van der Waals surface area contributed by atoms with Crippen molar-refractivity contribution in [3.8, 4) is 56.4 Å². The summed E-state index contributed by atoms with van der Waals surface area (Å²) in [5.74, 6) is 1.88. The van der Waals surface area contributed by atoms with Gasteiger partial charge in [0.2, 0.25) is 5.71 Å². The maximum atomic E-state index is 6.22. The summed E-state index contributed by atoms with van der Waals surface area (Å²) < 4.78 is 6.22. The number of nitrogens with zero attached hydrogens (tertiary/aromatic N) is 4. The van der Waals surface area contributed by atoms with E-state index in [-0.39, 0.29) is 0 Å². The third-order valence-corrected chi connectivity index (χ3v) is 8.54. The number of para-hydroxylation sites is 1. The summed E-state index contributed by atoms with van der Waals surface area (Å²) in [5, 5.41) is 3.15. The number of pyridine rings is 1. The van der Waals surface area contributed by atoms with Gasteiger partial charge in [-0.2, -0.15) is 0 Å². The van der Waals surface area contributed by atoms with Crippen LogP contribution in [0.25, 0.3) is 89.4 Å². The van der Waals surface area contributed by atoms with Gasteiger partial charge in [0.25, 0.3) is 0 Å². The maximum Gasteiger partial charge on any atom is 0.227 e. The second-order valence-corrected chi connectivity index (χ2v) is 11.5. The fourth-order valence-electron chi connectivity index (χ4n) is 6.21. The zero-order chi connectivity index (χ0) is 31.2. The van der Waals surface area contributed by atoms with Crippen LogP contribution in [0.15, 0.2) is 162 Å². The van der Waals surface area contributed by atoms with Crippen molar-refractivity contribution >= 4 is 33.0 Å². The van der Waals surface area contributed by atoms with Gasteiger partial charge in [0.05, 0.1) is 5.52 Å². The minimum Gasteiger partial charge on any atom is -0.438 e. The van der Waals surface area contributed by atoms with Gasteiger partial charge in [-0.3, -0.25) is 0 Å². The molecule has 6 aromatic carbocycles. The second-order valence-electron chi connectivity index (χ2n) is 11.5. The normalized spacial score (nSPS) is 11.4. The lowest BCUT2D eigenvalue weighted by Crippen LogP contribution is -2.00. The molecule has 0 saturated carbocycles. The molecule has 0 radical (unpaired) electrons. The highest BCUT2D eigenvalue weighted by molar-refractivity contribution is 6.13. The lowest BCUT2D eigenvalue weighted by atomic mass is 9.98. The third-order valence-electron chi connectivity index (χ3n) is 8.54. The first-order chi connectivity index (χ1) is 23.3. The molecule has 47 heavy (non-hydrogen) atoms. The molecule has 0 spiro atoms. The van der Waals surface area contributed by atoms with Gasteiger partial charge in [-0.05, 0) is 46.5 Å². The van der Waals surface area contributed by atoms with Gasteiger partial charge in [0, 0.05) is 32.8 Å². The van der Waals surface area contributed by atoms with Crippen LogP contribution in [0.1, 0.15) is 0 Å². The van der Waals surface area contributed by atoms with Crippen molar-refractivity contribution in [3.63, 3.8) is 0 Å². The van der Waals surface area contributed by atoms with Crippen LogP contribution in [0.3, 0.4) is 0 Å². The van der Waals surface area contributed by atoms with Crippen LogP contribution in [-0.4, -0.2) is 19.9 Å². The van der Waals surface area contributed by atoms with Crippen LogP contribution in [0.2, 0.25) is 0 Å². The molecular formula is C42H26N4O. The van der Waals surface area contributed by atoms with Crippen molar-refractivity contribution in [3.05, 3.63) is 158 Å². The standard InChI is InChI=1S/C42H26N4O/c1-3-11-27(12-4-1)31-16-9-17-33(25-31)41-45-39(29-13-5-2-6-14-29)44-40(46-41)30-23-21-28(22-24-30)34-18-10-20-37-38(34)35-26-32-15-7-8-19-36(32)43-42(35)47-37/h1-26H. The van der Waals surface area contributed by atoms with Crippen LogP contribution in [0.5, 0.6) is 0 Å². The van der Waals surface area contributed by atoms with E-state index in [0.717, 1.165) is 66.2 Å². The monoisotopic (exact) mass is 602 g/mol. The van der Waals surface area contributed by atoms with E-state index >= 15 is 0 Å². The minimum atomic E-state index is 0.619. The van der Waals surface area contributed by atoms with E-state index in [0.29, 0.717) is 23.2 Å². The first-order valence-electron chi connectivity index (χ1n) is 15.6. The van der Waals surface area contributed by atoms with Crippen molar-refractivity contribution in [2.24, 2.45) is 0 Å². The van der Waals surface area contributed by atoms with Crippen molar-refractivity contribution < 1.29 is 4.42 Å². The molecule has 9 rings (SSSR count). The number of hydrogen-bond acceptors (Lipinski definition) is 5. The number of hydrogen-bond donors (Lipinski definition) is 0. The molecule has 0 aliphatic rings. The van der Waals surface area contributed by atoms with Gasteiger partial charge in [-0.25, -0.2) is 19.9 Å². The van der Waals surface area contributed by atoms with E-state index in [4.69, 9.17) is 24.4 Å².